The van der Waals surface area contributed by atoms with Crippen molar-refractivity contribution in [1.29, 1.82) is 0 Å². The standard InChI is InChI=1S/C20H18N4O3/c1-3-23-19(25)15-9-4-5-10-16(15)24(20(23)26)12-17-21-18(22-27-17)14-8-6-7-13(2)11-14/h4-11H,3,12H2,1-2H3. The van der Waals surface area contributed by atoms with E-state index in [1.54, 1.807) is 31.2 Å². The Morgan fingerprint density at radius 3 is 2.63 bits per heavy atom. The SMILES string of the molecule is CCn1c(=O)c2ccccc2n(Cc2nc(-c3cccc(C)c3)no2)c1=O. The first-order valence-electron chi connectivity index (χ1n) is 8.70. The fraction of sp³-hybridized carbons (Fsp3) is 0.200. The molecule has 0 atom stereocenters. The van der Waals surface area contributed by atoms with Crippen molar-refractivity contribution in [2.24, 2.45) is 0 Å². The van der Waals surface area contributed by atoms with Gasteiger partial charge in [0.2, 0.25) is 11.7 Å². The Labute approximate surface area is 154 Å². The first-order chi connectivity index (χ1) is 13.1. The van der Waals surface area contributed by atoms with Gasteiger partial charge in [-0.05, 0) is 32.0 Å². The molecule has 0 fully saturated rings. The molecule has 0 spiro atoms. The van der Waals surface area contributed by atoms with Crippen LogP contribution in [-0.4, -0.2) is 19.3 Å². The Morgan fingerprint density at radius 1 is 1.04 bits per heavy atom. The largest absolute Gasteiger partial charge is 0.337 e. The number of nitrogens with zero attached hydrogens (tertiary/aromatic N) is 4. The van der Waals surface area contributed by atoms with Gasteiger partial charge in [-0.15, -0.1) is 0 Å². The van der Waals surface area contributed by atoms with Crippen LogP contribution in [0.25, 0.3) is 22.3 Å². The third-order valence-corrected chi connectivity index (χ3v) is 4.49. The summed E-state index contributed by atoms with van der Waals surface area (Å²) in [6, 6.07) is 14.8. The number of rotatable bonds is 4. The van der Waals surface area contributed by atoms with E-state index in [0.29, 0.717) is 29.2 Å². The summed E-state index contributed by atoms with van der Waals surface area (Å²) in [6.45, 7) is 4.15. The summed E-state index contributed by atoms with van der Waals surface area (Å²) in [4.78, 5) is 29.7. The molecule has 4 aromatic rings. The average Bonchev–Trinajstić information content (AvgIpc) is 3.14. The Kier molecular flexibility index (Phi) is 4.19. The first kappa shape index (κ1) is 17.0. The van der Waals surface area contributed by atoms with Gasteiger partial charge in [-0.2, -0.15) is 4.98 Å². The molecule has 7 nitrogen and oxygen atoms in total. The molecule has 0 aliphatic heterocycles. The first-order valence-corrected chi connectivity index (χ1v) is 8.70. The van der Waals surface area contributed by atoms with E-state index in [1.165, 1.54) is 9.13 Å². The van der Waals surface area contributed by atoms with Crippen molar-refractivity contribution in [2.75, 3.05) is 0 Å². The minimum absolute atomic E-state index is 0.0957. The molecule has 0 N–H and O–H groups in total. The molecule has 136 valence electrons. The fourth-order valence-electron chi connectivity index (χ4n) is 3.16. The molecule has 0 aliphatic rings. The van der Waals surface area contributed by atoms with Crippen LogP contribution in [0.15, 0.2) is 62.6 Å². The summed E-state index contributed by atoms with van der Waals surface area (Å²) in [7, 11) is 0. The van der Waals surface area contributed by atoms with Crippen LogP contribution in [0.4, 0.5) is 0 Å². The molecule has 4 rings (SSSR count). The van der Waals surface area contributed by atoms with E-state index in [0.717, 1.165) is 11.1 Å². The highest BCUT2D eigenvalue weighted by Gasteiger charge is 2.15. The van der Waals surface area contributed by atoms with Crippen LogP contribution in [0.1, 0.15) is 18.4 Å². The van der Waals surface area contributed by atoms with E-state index in [4.69, 9.17) is 4.52 Å². The summed E-state index contributed by atoms with van der Waals surface area (Å²) in [5.74, 6) is 0.773. The normalized spacial score (nSPS) is 11.2. The van der Waals surface area contributed by atoms with Crippen LogP contribution in [0.3, 0.4) is 0 Å². The number of fused-ring (bicyclic) bond motifs is 1. The van der Waals surface area contributed by atoms with Crippen LogP contribution in [0.2, 0.25) is 0 Å². The quantitative estimate of drug-likeness (QED) is 0.557. The van der Waals surface area contributed by atoms with Gasteiger partial charge >= 0.3 is 5.69 Å². The van der Waals surface area contributed by atoms with Crippen LogP contribution >= 0.6 is 0 Å². The second kappa shape index (κ2) is 6.68. The lowest BCUT2D eigenvalue weighted by Gasteiger charge is -2.11. The van der Waals surface area contributed by atoms with Crippen molar-refractivity contribution in [3.63, 3.8) is 0 Å². The van der Waals surface area contributed by atoms with Gasteiger partial charge in [-0.1, -0.05) is 41.1 Å². The van der Waals surface area contributed by atoms with Crippen molar-refractivity contribution in [3.8, 4) is 11.4 Å². The average molecular weight is 362 g/mol. The number of hydrogen-bond acceptors (Lipinski definition) is 5. The van der Waals surface area contributed by atoms with Crippen molar-refractivity contribution in [3.05, 3.63) is 80.8 Å². The van der Waals surface area contributed by atoms with Gasteiger partial charge in [-0.3, -0.25) is 13.9 Å². The van der Waals surface area contributed by atoms with E-state index < -0.39 is 5.69 Å². The minimum atomic E-state index is -0.392. The predicted molar refractivity (Wildman–Crippen MR) is 102 cm³/mol. The molecule has 0 saturated heterocycles. The van der Waals surface area contributed by atoms with Gasteiger partial charge in [-0.25, -0.2) is 4.79 Å². The van der Waals surface area contributed by atoms with Crippen LogP contribution in [0.5, 0.6) is 0 Å². The molecule has 0 saturated carbocycles. The molecule has 2 heterocycles. The minimum Gasteiger partial charge on any atom is -0.337 e. The predicted octanol–water partition coefficient (Wildman–Crippen LogP) is 2.59. The summed E-state index contributed by atoms with van der Waals surface area (Å²) in [5.41, 5.74) is 1.81. The maximum atomic E-state index is 12.8. The topological polar surface area (TPSA) is 82.9 Å². The van der Waals surface area contributed by atoms with Gasteiger partial charge in [0.1, 0.15) is 6.54 Å². The number of aromatic nitrogens is 4. The lowest BCUT2D eigenvalue weighted by Crippen LogP contribution is -2.39. The number of aryl methyl sites for hydroxylation is 1. The molecule has 0 amide bonds. The lowest BCUT2D eigenvalue weighted by atomic mass is 10.1. The van der Waals surface area contributed by atoms with Gasteiger partial charge in [0.05, 0.1) is 10.9 Å². The zero-order valence-electron chi connectivity index (χ0n) is 15.0. The summed E-state index contributed by atoms with van der Waals surface area (Å²) in [6.07, 6.45) is 0. The smallest absolute Gasteiger partial charge is 0.331 e. The van der Waals surface area contributed by atoms with Crippen molar-refractivity contribution in [1.82, 2.24) is 19.3 Å². The molecular weight excluding hydrogens is 344 g/mol. The Hall–Kier alpha value is -3.48. The number of benzene rings is 2. The van der Waals surface area contributed by atoms with Crippen molar-refractivity contribution >= 4 is 10.9 Å². The summed E-state index contributed by atoms with van der Waals surface area (Å²) < 4.78 is 8.06. The number of hydrogen-bond donors (Lipinski definition) is 0. The molecule has 0 bridgehead atoms. The van der Waals surface area contributed by atoms with E-state index in [9.17, 15) is 9.59 Å². The lowest BCUT2D eigenvalue weighted by molar-refractivity contribution is 0.369. The zero-order valence-corrected chi connectivity index (χ0v) is 15.0. The van der Waals surface area contributed by atoms with Crippen molar-refractivity contribution < 1.29 is 4.52 Å². The third-order valence-electron chi connectivity index (χ3n) is 4.49. The second-order valence-corrected chi connectivity index (χ2v) is 6.32. The second-order valence-electron chi connectivity index (χ2n) is 6.32. The molecule has 0 unspecified atom stereocenters. The Bertz CT molecular complexity index is 1250. The fourth-order valence-corrected chi connectivity index (χ4v) is 3.16. The van der Waals surface area contributed by atoms with E-state index >= 15 is 0 Å². The van der Waals surface area contributed by atoms with Crippen LogP contribution in [-0.2, 0) is 13.1 Å². The van der Waals surface area contributed by atoms with Gasteiger partial charge in [0.25, 0.3) is 5.56 Å². The van der Waals surface area contributed by atoms with E-state index in [-0.39, 0.29) is 12.1 Å². The Balaban J connectivity index is 1.81. The maximum absolute atomic E-state index is 12.8. The summed E-state index contributed by atoms with van der Waals surface area (Å²) >= 11 is 0. The molecule has 0 radical (unpaired) electrons. The molecule has 27 heavy (non-hydrogen) atoms. The zero-order chi connectivity index (χ0) is 19.0. The third kappa shape index (κ3) is 2.97. The van der Waals surface area contributed by atoms with E-state index in [2.05, 4.69) is 10.1 Å². The highest BCUT2D eigenvalue weighted by molar-refractivity contribution is 5.77. The highest BCUT2D eigenvalue weighted by Crippen LogP contribution is 2.17. The van der Waals surface area contributed by atoms with Gasteiger partial charge in [0, 0.05) is 12.1 Å². The van der Waals surface area contributed by atoms with Crippen molar-refractivity contribution in [2.45, 2.75) is 26.9 Å². The van der Waals surface area contributed by atoms with Gasteiger partial charge < -0.3 is 4.52 Å². The Morgan fingerprint density at radius 2 is 1.85 bits per heavy atom. The van der Waals surface area contributed by atoms with Crippen LogP contribution in [0, 0.1) is 6.92 Å². The maximum Gasteiger partial charge on any atom is 0.331 e. The molecular formula is C20H18N4O3. The monoisotopic (exact) mass is 362 g/mol. The number of para-hydroxylation sites is 1. The van der Waals surface area contributed by atoms with Crippen LogP contribution < -0.4 is 11.2 Å². The van der Waals surface area contributed by atoms with Gasteiger partial charge in [0.15, 0.2) is 0 Å². The molecule has 7 heteroatoms. The molecule has 0 aliphatic carbocycles. The van der Waals surface area contributed by atoms with E-state index in [1.807, 2.05) is 31.2 Å². The summed E-state index contributed by atoms with van der Waals surface area (Å²) in [5, 5.41) is 4.51. The molecule has 2 aromatic heterocycles. The molecule has 2 aromatic carbocycles. The highest BCUT2D eigenvalue weighted by atomic mass is 16.5.